The Bertz CT molecular complexity index is 1880. The summed E-state index contributed by atoms with van der Waals surface area (Å²) < 4.78 is 91.7. The van der Waals surface area contributed by atoms with E-state index < -0.39 is 53.7 Å². The maximum Gasteiger partial charge on any atom is 0.573 e. The van der Waals surface area contributed by atoms with Crippen LogP contribution in [-0.2, 0) is 20.7 Å². The summed E-state index contributed by atoms with van der Waals surface area (Å²) in [6.45, 7) is 1.69. The average molecular weight is 637 g/mol. The van der Waals surface area contributed by atoms with Crippen LogP contribution in [0.25, 0.3) is 11.2 Å². The van der Waals surface area contributed by atoms with E-state index in [-0.39, 0.29) is 34.8 Å². The third-order valence-corrected chi connectivity index (χ3v) is 6.19. The Balaban J connectivity index is 1.52. The number of aryl methyl sites for hydroxylation is 1. The molecule has 234 valence electrons. The van der Waals surface area contributed by atoms with Crippen molar-refractivity contribution >= 4 is 40.4 Å². The minimum absolute atomic E-state index is 0.132. The van der Waals surface area contributed by atoms with Crippen molar-refractivity contribution in [1.29, 1.82) is 0 Å². The van der Waals surface area contributed by atoms with E-state index in [1.807, 2.05) is 0 Å². The number of esters is 1. The SMILES string of the molecule is CCc1cc(N2C(=O)C(OC(=O)C(F)(F)F)N(c3cccc(OC(F)(F)F)c3)C2=O)ccc1Oc1ccnc2[nH]c(=O)cnc12. The molecular weight excluding hydrogens is 620 g/mol. The summed E-state index contributed by atoms with van der Waals surface area (Å²) in [5.41, 5.74) is -0.510. The van der Waals surface area contributed by atoms with Crippen LogP contribution in [0.5, 0.6) is 17.2 Å². The molecule has 2 aromatic carbocycles. The van der Waals surface area contributed by atoms with Gasteiger partial charge in [-0.25, -0.2) is 29.4 Å². The molecule has 45 heavy (non-hydrogen) atoms. The standard InChI is InChI=1S/C27H17F6N5O7/c1-2-13-10-15(6-7-17(13)43-18-8-9-34-21-20(18)35-12-19(39)36-21)37-22(40)23(44-24(41)26(28,29)30)38(25(37)42)14-4-3-5-16(11-14)45-27(31,32)33/h3-12,23H,2H2,1H3,(H,34,36,39). The molecule has 3 amide bonds. The number of fused-ring (bicyclic) bond motifs is 1. The highest BCUT2D eigenvalue weighted by molar-refractivity contribution is 6.28. The van der Waals surface area contributed by atoms with E-state index in [1.54, 1.807) is 6.92 Å². The Kier molecular flexibility index (Phi) is 7.82. The van der Waals surface area contributed by atoms with Crippen molar-refractivity contribution in [1.82, 2.24) is 15.0 Å². The van der Waals surface area contributed by atoms with Gasteiger partial charge >= 0.3 is 24.5 Å². The number of hydrogen-bond acceptors (Lipinski definition) is 9. The number of pyridine rings is 1. The summed E-state index contributed by atoms with van der Waals surface area (Å²) in [5, 5.41) is 0. The number of aromatic nitrogens is 3. The molecule has 1 N–H and O–H groups in total. The van der Waals surface area contributed by atoms with E-state index in [4.69, 9.17) is 4.74 Å². The average Bonchev–Trinajstić information content (AvgIpc) is 3.20. The normalized spacial score (nSPS) is 15.5. The molecule has 0 aliphatic carbocycles. The minimum Gasteiger partial charge on any atom is -0.455 e. The Morgan fingerprint density at radius 1 is 0.956 bits per heavy atom. The Morgan fingerprint density at radius 2 is 1.71 bits per heavy atom. The van der Waals surface area contributed by atoms with Gasteiger partial charge in [0.25, 0.3) is 17.7 Å². The van der Waals surface area contributed by atoms with Gasteiger partial charge < -0.3 is 19.2 Å². The molecule has 12 nitrogen and oxygen atoms in total. The molecule has 0 spiro atoms. The van der Waals surface area contributed by atoms with Gasteiger partial charge in [0, 0.05) is 18.3 Å². The number of amides is 3. The molecule has 5 rings (SSSR count). The molecule has 0 radical (unpaired) electrons. The number of aromatic amines is 1. The molecule has 0 bridgehead atoms. The summed E-state index contributed by atoms with van der Waals surface area (Å²) in [5.74, 6) is -4.74. The minimum atomic E-state index is -5.57. The Labute approximate surface area is 246 Å². The number of alkyl halides is 6. The second kappa shape index (κ2) is 11.4. The van der Waals surface area contributed by atoms with Crippen molar-refractivity contribution in [3.63, 3.8) is 0 Å². The Morgan fingerprint density at radius 3 is 2.40 bits per heavy atom. The largest absolute Gasteiger partial charge is 0.573 e. The lowest BCUT2D eigenvalue weighted by Gasteiger charge is -2.22. The zero-order valence-electron chi connectivity index (χ0n) is 22.5. The van der Waals surface area contributed by atoms with Crippen LogP contribution in [0.2, 0.25) is 0 Å². The third-order valence-electron chi connectivity index (χ3n) is 6.19. The lowest BCUT2D eigenvalue weighted by atomic mass is 10.1. The molecule has 1 fully saturated rings. The number of carbonyl (C=O) groups is 3. The summed E-state index contributed by atoms with van der Waals surface area (Å²) in [7, 11) is 0. The quantitative estimate of drug-likeness (QED) is 0.169. The number of anilines is 2. The topological polar surface area (TPSA) is 144 Å². The number of imide groups is 1. The number of rotatable bonds is 7. The number of nitrogens with one attached hydrogen (secondary N) is 1. The summed E-state index contributed by atoms with van der Waals surface area (Å²) in [4.78, 5) is 61.4. The lowest BCUT2D eigenvalue weighted by molar-refractivity contribution is -0.274. The number of H-pyrrole nitrogens is 1. The van der Waals surface area contributed by atoms with Gasteiger partial charge in [-0.2, -0.15) is 13.2 Å². The maximum absolute atomic E-state index is 13.5. The molecule has 1 atom stereocenters. The number of benzene rings is 2. The maximum atomic E-state index is 13.5. The van der Waals surface area contributed by atoms with Gasteiger partial charge in [-0.1, -0.05) is 13.0 Å². The number of urea groups is 1. The monoisotopic (exact) mass is 637 g/mol. The van der Waals surface area contributed by atoms with Crippen molar-refractivity contribution in [2.75, 3.05) is 9.80 Å². The van der Waals surface area contributed by atoms with Gasteiger partial charge in [0.15, 0.2) is 11.4 Å². The number of ether oxygens (including phenoxy) is 3. The van der Waals surface area contributed by atoms with Gasteiger partial charge in [0.05, 0.1) is 17.6 Å². The zero-order valence-corrected chi connectivity index (χ0v) is 22.5. The molecule has 4 aromatic rings. The first kappa shape index (κ1) is 30.8. The molecular formula is C27H17F6N5O7. The van der Waals surface area contributed by atoms with Crippen LogP contribution < -0.4 is 24.8 Å². The van der Waals surface area contributed by atoms with Crippen molar-refractivity contribution in [3.05, 3.63) is 76.8 Å². The first-order valence-corrected chi connectivity index (χ1v) is 12.6. The highest BCUT2D eigenvalue weighted by Crippen LogP contribution is 2.37. The number of hydrogen-bond donors (Lipinski definition) is 1. The predicted molar refractivity (Wildman–Crippen MR) is 140 cm³/mol. The van der Waals surface area contributed by atoms with Gasteiger partial charge in [-0.05, 0) is 42.3 Å². The van der Waals surface area contributed by atoms with Crippen LogP contribution in [-0.4, -0.2) is 51.6 Å². The van der Waals surface area contributed by atoms with Crippen molar-refractivity contribution in [3.8, 4) is 17.2 Å². The van der Waals surface area contributed by atoms with E-state index in [0.717, 1.165) is 24.4 Å². The fourth-order valence-corrected chi connectivity index (χ4v) is 4.31. The fourth-order valence-electron chi connectivity index (χ4n) is 4.31. The Hall–Kier alpha value is -5.68. The van der Waals surface area contributed by atoms with Crippen LogP contribution in [0, 0.1) is 0 Å². The molecule has 0 saturated carbocycles. The van der Waals surface area contributed by atoms with E-state index >= 15 is 0 Å². The van der Waals surface area contributed by atoms with Crippen LogP contribution in [0.15, 0.2) is 65.7 Å². The molecule has 1 unspecified atom stereocenters. The van der Waals surface area contributed by atoms with Gasteiger partial charge in [0.2, 0.25) is 0 Å². The van der Waals surface area contributed by atoms with Crippen LogP contribution in [0.1, 0.15) is 12.5 Å². The summed E-state index contributed by atoms with van der Waals surface area (Å²) >= 11 is 0. The van der Waals surface area contributed by atoms with Crippen LogP contribution in [0.4, 0.5) is 42.5 Å². The van der Waals surface area contributed by atoms with Crippen molar-refractivity contribution < 1.29 is 54.9 Å². The molecule has 1 aliphatic heterocycles. The molecule has 18 heteroatoms. The summed E-state index contributed by atoms with van der Waals surface area (Å²) in [6, 6.07) is 7.43. The van der Waals surface area contributed by atoms with E-state index in [9.17, 15) is 45.5 Å². The predicted octanol–water partition coefficient (Wildman–Crippen LogP) is 4.98. The van der Waals surface area contributed by atoms with Crippen LogP contribution in [0.3, 0.4) is 0 Å². The number of nitrogens with zero attached hydrogens (tertiary/aromatic N) is 4. The zero-order chi connectivity index (χ0) is 32.7. The van der Waals surface area contributed by atoms with E-state index in [0.29, 0.717) is 21.4 Å². The smallest absolute Gasteiger partial charge is 0.455 e. The molecule has 1 saturated heterocycles. The van der Waals surface area contributed by atoms with Crippen molar-refractivity contribution in [2.24, 2.45) is 0 Å². The van der Waals surface area contributed by atoms with Gasteiger partial charge in [-0.15, -0.1) is 13.2 Å². The second-order valence-corrected chi connectivity index (χ2v) is 9.13. The number of carbonyl (C=O) groups excluding carboxylic acids is 3. The van der Waals surface area contributed by atoms with Crippen molar-refractivity contribution in [2.45, 2.75) is 32.1 Å². The number of halogens is 6. The molecule has 1 aliphatic rings. The van der Waals surface area contributed by atoms with E-state index in [1.165, 1.54) is 30.5 Å². The first-order chi connectivity index (χ1) is 21.2. The second-order valence-electron chi connectivity index (χ2n) is 9.13. The van der Waals surface area contributed by atoms with Gasteiger partial charge in [-0.3, -0.25) is 9.59 Å². The fraction of sp³-hybridized carbons (Fsp3) is 0.185. The highest BCUT2D eigenvalue weighted by Gasteiger charge is 2.53. The first-order valence-electron chi connectivity index (χ1n) is 12.6. The molecule has 2 aromatic heterocycles. The summed E-state index contributed by atoms with van der Waals surface area (Å²) in [6.07, 6.45) is -10.7. The third kappa shape index (κ3) is 6.34. The lowest BCUT2D eigenvalue weighted by Crippen LogP contribution is -2.42. The highest BCUT2D eigenvalue weighted by atomic mass is 19.4. The van der Waals surface area contributed by atoms with E-state index in [2.05, 4.69) is 24.4 Å². The van der Waals surface area contributed by atoms with Crippen LogP contribution >= 0.6 is 0 Å². The molecule has 3 heterocycles. The van der Waals surface area contributed by atoms with Gasteiger partial charge in [0.1, 0.15) is 17.0 Å².